The van der Waals surface area contributed by atoms with Gasteiger partial charge in [-0.25, -0.2) is 8.42 Å². The molecular formula is C21H22O4S2. The zero-order valence-corrected chi connectivity index (χ0v) is 16.7. The van der Waals surface area contributed by atoms with Gasteiger partial charge in [-0.3, -0.25) is 0 Å². The Morgan fingerprint density at radius 1 is 1.04 bits per heavy atom. The Balaban J connectivity index is 0.000000168. The van der Waals surface area contributed by atoms with E-state index in [0.29, 0.717) is 11.0 Å². The molecule has 3 aromatic rings. The van der Waals surface area contributed by atoms with Crippen molar-refractivity contribution in [3.05, 3.63) is 71.8 Å². The van der Waals surface area contributed by atoms with Gasteiger partial charge in [0.15, 0.2) is 0 Å². The second-order valence-corrected chi connectivity index (χ2v) is 9.37. The lowest BCUT2D eigenvalue weighted by molar-refractivity contribution is 0.463. The number of thiol groups is 1. The Morgan fingerprint density at radius 2 is 1.74 bits per heavy atom. The lowest BCUT2D eigenvalue weighted by Crippen LogP contribution is -1.97. The van der Waals surface area contributed by atoms with E-state index in [4.69, 9.17) is 0 Å². The van der Waals surface area contributed by atoms with Crippen LogP contribution >= 0.6 is 0 Å². The first-order chi connectivity index (χ1) is 12.9. The van der Waals surface area contributed by atoms with Gasteiger partial charge in [0.05, 0.1) is 10.5 Å². The Morgan fingerprint density at radius 3 is 2.37 bits per heavy atom. The number of fused-ring (bicyclic) bond motifs is 1. The van der Waals surface area contributed by atoms with Crippen molar-refractivity contribution in [3.63, 3.8) is 0 Å². The van der Waals surface area contributed by atoms with Crippen molar-refractivity contribution in [2.45, 2.75) is 29.9 Å². The van der Waals surface area contributed by atoms with Crippen molar-refractivity contribution in [2.24, 2.45) is 0 Å². The molecule has 6 heteroatoms. The monoisotopic (exact) mass is 402 g/mol. The minimum Gasteiger partial charge on any atom is -0.744 e. The van der Waals surface area contributed by atoms with Crippen LogP contribution in [0.2, 0.25) is 0 Å². The lowest BCUT2D eigenvalue weighted by Gasteiger charge is -2.10. The van der Waals surface area contributed by atoms with Crippen LogP contribution < -0.4 is 0 Å². The van der Waals surface area contributed by atoms with Crippen LogP contribution in [-0.4, -0.2) is 23.8 Å². The van der Waals surface area contributed by atoms with Gasteiger partial charge >= 0.3 is 0 Å². The molecule has 0 bridgehead atoms. The van der Waals surface area contributed by atoms with E-state index in [0.717, 1.165) is 11.1 Å². The standard InChI is InChI=1S/C14H14OS.C7H8O3S/c15-12-8-7-10-4-1-2-5-11(10)14(12)13-6-3-9-16-13;1-6-2-4-7(5-3-6)11(8,9)10/h1-2,4-5,7-8,13,15H,3,6,9H2;2-5H,1H3,(H,8,9,10). The molecule has 1 aliphatic heterocycles. The SMILES string of the molecule is Cc1ccc(S(=O)(=O)[O-])cc1.Oc1ccc2ccccc2c1C1CCC[SH+]1. The van der Waals surface area contributed by atoms with Crippen LogP contribution in [0.5, 0.6) is 5.75 Å². The van der Waals surface area contributed by atoms with Crippen LogP contribution in [-0.2, 0) is 21.9 Å². The van der Waals surface area contributed by atoms with Crippen molar-refractivity contribution in [1.82, 2.24) is 0 Å². The zero-order valence-electron chi connectivity index (χ0n) is 15.0. The van der Waals surface area contributed by atoms with E-state index in [2.05, 4.69) is 24.3 Å². The Labute approximate surface area is 164 Å². The maximum atomic E-state index is 10.4. The fraction of sp³-hybridized carbons (Fsp3) is 0.238. The first-order valence-electron chi connectivity index (χ1n) is 8.76. The molecule has 0 aromatic heterocycles. The summed E-state index contributed by atoms with van der Waals surface area (Å²) >= 11 is 1.47. The second-order valence-electron chi connectivity index (χ2n) is 6.55. The highest BCUT2D eigenvalue weighted by Gasteiger charge is 2.29. The number of benzene rings is 3. The Kier molecular flexibility index (Phi) is 6.09. The molecule has 0 amide bonds. The number of rotatable bonds is 2. The number of phenols is 1. The second kappa shape index (κ2) is 8.33. The topological polar surface area (TPSA) is 77.4 Å². The molecule has 1 aliphatic rings. The third-order valence-corrected chi connectivity index (χ3v) is 6.96. The van der Waals surface area contributed by atoms with Crippen molar-refractivity contribution >= 4 is 32.7 Å². The van der Waals surface area contributed by atoms with Gasteiger partial charge in [0.2, 0.25) is 0 Å². The number of hydrogen-bond acceptors (Lipinski definition) is 4. The minimum atomic E-state index is -4.27. The summed E-state index contributed by atoms with van der Waals surface area (Å²) in [5.74, 6) is 1.74. The molecule has 0 radical (unpaired) electrons. The maximum absolute atomic E-state index is 10.4. The van der Waals surface area contributed by atoms with E-state index in [9.17, 15) is 18.1 Å². The van der Waals surface area contributed by atoms with Crippen LogP contribution in [0.1, 0.15) is 29.2 Å². The van der Waals surface area contributed by atoms with Crippen molar-refractivity contribution in [3.8, 4) is 5.75 Å². The maximum Gasteiger partial charge on any atom is 0.145 e. The van der Waals surface area contributed by atoms with Gasteiger partial charge in [0.25, 0.3) is 0 Å². The summed E-state index contributed by atoms with van der Waals surface area (Å²) in [5.41, 5.74) is 2.09. The average molecular weight is 403 g/mol. The highest BCUT2D eigenvalue weighted by molar-refractivity contribution is 7.85. The van der Waals surface area contributed by atoms with Crippen molar-refractivity contribution in [1.29, 1.82) is 0 Å². The summed E-state index contributed by atoms with van der Waals surface area (Å²) in [4.78, 5) is -0.178. The smallest absolute Gasteiger partial charge is 0.145 e. The highest BCUT2D eigenvalue weighted by Crippen LogP contribution is 2.39. The van der Waals surface area contributed by atoms with Crippen molar-refractivity contribution < 1.29 is 18.1 Å². The summed E-state index contributed by atoms with van der Waals surface area (Å²) in [6.07, 6.45) is 2.50. The molecule has 0 saturated carbocycles. The summed E-state index contributed by atoms with van der Waals surface area (Å²) < 4.78 is 31.2. The fourth-order valence-corrected chi connectivity index (χ4v) is 5.16. The van der Waals surface area contributed by atoms with E-state index in [1.54, 1.807) is 12.1 Å². The predicted octanol–water partition coefficient (Wildman–Crippen LogP) is 4.09. The molecule has 27 heavy (non-hydrogen) atoms. The van der Waals surface area contributed by atoms with E-state index < -0.39 is 10.1 Å². The number of aromatic hydroxyl groups is 1. The molecule has 142 valence electrons. The Hall–Kier alpha value is -2.02. The fourth-order valence-electron chi connectivity index (χ4n) is 3.20. The van der Waals surface area contributed by atoms with Gasteiger partial charge in [-0.05, 0) is 54.1 Å². The van der Waals surface area contributed by atoms with Crippen LogP contribution in [0.25, 0.3) is 10.8 Å². The molecule has 4 nitrogen and oxygen atoms in total. The lowest BCUT2D eigenvalue weighted by atomic mass is 9.99. The normalized spacial score (nSPS) is 16.7. The molecule has 1 N–H and O–H groups in total. The molecule has 3 aromatic carbocycles. The number of aryl methyl sites for hydroxylation is 1. The van der Waals surface area contributed by atoms with Crippen molar-refractivity contribution in [2.75, 3.05) is 5.75 Å². The molecule has 1 atom stereocenters. The summed E-state index contributed by atoms with van der Waals surface area (Å²) in [6.45, 7) is 1.82. The number of phenolic OH excluding ortho intramolecular Hbond substituents is 1. The van der Waals surface area contributed by atoms with E-state index in [1.807, 2.05) is 19.1 Å². The van der Waals surface area contributed by atoms with Gasteiger partial charge in [-0.2, -0.15) is 0 Å². The summed E-state index contributed by atoms with van der Waals surface area (Å²) in [7, 11) is -4.27. The average Bonchev–Trinajstić information content (AvgIpc) is 3.16. The third-order valence-electron chi connectivity index (χ3n) is 4.58. The van der Waals surface area contributed by atoms with Crippen LogP contribution in [0.15, 0.2) is 65.6 Å². The molecule has 1 heterocycles. The third kappa shape index (κ3) is 4.83. The van der Waals surface area contributed by atoms with E-state index >= 15 is 0 Å². The van der Waals surface area contributed by atoms with E-state index in [-0.39, 0.29) is 4.90 Å². The molecule has 0 spiro atoms. The van der Waals surface area contributed by atoms with Gasteiger partial charge < -0.3 is 9.66 Å². The first kappa shape index (κ1) is 19.7. The molecule has 0 aliphatic carbocycles. The summed E-state index contributed by atoms with van der Waals surface area (Å²) in [5, 5.41) is 13.1. The number of hydrogen-bond donors (Lipinski definition) is 1. The van der Waals surface area contributed by atoms with Crippen LogP contribution in [0, 0.1) is 6.92 Å². The molecule has 4 rings (SSSR count). The molecule has 1 unspecified atom stereocenters. The van der Waals surface area contributed by atoms with Gasteiger partial charge in [0, 0.05) is 6.42 Å². The largest absolute Gasteiger partial charge is 0.744 e. The van der Waals surface area contributed by atoms with Crippen LogP contribution in [0.3, 0.4) is 0 Å². The predicted molar refractivity (Wildman–Crippen MR) is 110 cm³/mol. The van der Waals surface area contributed by atoms with Crippen LogP contribution in [0.4, 0.5) is 0 Å². The molecule has 1 fully saturated rings. The summed E-state index contributed by atoms with van der Waals surface area (Å²) in [6, 6.07) is 18.0. The quantitative estimate of drug-likeness (QED) is 0.398. The van der Waals surface area contributed by atoms with Gasteiger partial charge in [-0.15, -0.1) is 0 Å². The minimum absolute atomic E-state index is 0.178. The zero-order chi connectivity index (χ0) is 19.4. The van der Waals surface area contributed by atoms with E-state index in [1.165, 1.54) is 53.3 Å². The Bertz CT molecular complexity index is 1020. The molecular weight excluding hydrogens is 380 g/mol. The van der Waals surface area contributed by atoms with Gasteiger partial charge in [0.1, 0.15) is 26.9 Å². The molecule has 1 saturated heterocycles. The van der Waals surface area contributed by atoms with Gasteiger partial charge in [-0.1, -0.05) is 48.0 Å². The first-order valence-corrected chi connectivity index (χ1v) is 11.3. The highest BCUT2D eigenvalue weighted by atomic mass is 32.2.